The van der Waals surface area contributed by atoms with Crippen LogP contribution >= 0.6 is 0 Å². The van der Waals surface area contributed by atoms with Crippen LogP contribution in [-0.4, -0.2) is 32.1 Å². The Balaban J connectivity index is 1.78. The van der Waals surface area contributed by atoms with E-state index in [1.165, 1.54) is 6.07 Å². The van der Waals surface area contributed by atoms with E-state index in [1.807, 2.05) is 4.90 Å². The van der Waals surface area contributed by atoms with Crippen LogP contribution in [-0.2, 0) is 9.47 Å². The number of benzene rings is 1. The van der Waals surface area contributed by atoms with Gasteiger partial charge in [-0.1, -0.05) is 0 Å². The van der Waals surface area contributed by atoms with Crippen molar-refractivity contribution in [2.75, 3.05) is 36.9 Å². The lowest BCUT2D eigenvalue weighted by Gasteiger charge is -2.39. The second kappa shape index (κ2) is 4.61. The van der Waals surface area contributed by atoms with E-state index in [9.17, 15) is 8.78 Å². The van der Waals surface area contributed by atoms with Crippen LogP contribution in [0.4, 0.5) is 20.2 Å². The minimum absolute atomic E-state index is 0.00870. The van der Waals surface area contributed by atoms with Gasteiger partial charge >= 0.3 is 0 Å². The van der Waals surface area contributed by atoms with Gasteiger partial charge in [-0.3, -0.25) is 0 Å². The van der Waals surface area contributed by atoms with E-state index in [1.54, 1.807) is 0 Å². The lowest BCUT2D eigenvalue weighted by molar-refractivity contribution is -0.169. The second-order valence-corrected chi connectivity index (χ2v) is 4.92. The van der Waals surface area contributed by atoms with Gasteiger partial charge < -0.3 is 20.1 Å². The fraction of sp³-hybridized carbons (Fsp3) is 0.538. The lowest BCUT2D eigenvalue weighted by Crippen LogP contribution is -2.45. The maximum absolute atomic E-state index is 13.4. The van der Waals surface area contributed by atoms with Gasteiger partial charge in [0.2, 0.25) is 0 Å². The molecule has 0 unspecified atom stereocenters. The molecule has 0 saturated carbocycles. The summed E-state index contributed by atoms with van der Waals surface area (Å²) in [5.41, 5.74) is 6.08. The zero-order valence-corrected chi connectivity index (χ0v) is 10.5. The third-order valence-corrected chi connectivity index (χ3v) is 3.75. The number of rotatable bonds is 1. The van der Waals surface area contributed by atoms with E-state index >= 15 is 0 Å². The number of nitrogens with zero attached hydrogens (tertiary/aromatic N) is 1. The van der Waals surface area contributed by atoms with Gasteiger partial charge in [0.25, 0.3) is 0 Å². The van der Waals surface area contributed by atoms with Crippen LogP contribution < -0.4 is 10.6 Å². The fourth-order valence-corrected chi connectivity index (χ4v) is 2.71. The van der Waals surface area contributed by atoms with Crippen molar-refractivity contribution in [1.29, 1.82) is 0 Å². The molecule has 4 nitrogen and oxygen atoms in total. The molecule has 2 aliphatic heterocycles. The van der Waals surface area contributed by atoms with Gasteiger partial charge in [0.15, 0.2) is 11.6 Å². The van der Waals surface area contributed by atoms with Crippen molar-refractivity contribution in [3.8, 4) is 0 Å². The van der Waals surface area contributed by atoms with Crippen LogP contribution in [0.5, 0.6) is 0 Å². The Hall–Kier alpha value is -1.40. The number of hydrogen-bond donors (Lipinski definition) is 1. The molecular weight excluding hydrogens is 254 g/mol. The summed E-state index contributed by atoms with van der Waals surface area (Å²) in [7, 11) is 0. The van der Waals surface area contributed by atoms with E-state index in [-0.39, 0.29) is 5.69 Å². The quantitative estimate of drug-likeness (QED) is 0.792. The zero-order chi connectivity index (χ0) is 13.5. The van der Waals surface area contributed by atoms with Crippen molar-refractivity contribution in [3.63, 3.8) is 0 Å². The summed E-state index contributed by atoms with van der Waals surface area (Å²) in [6.07, 6.45) is 1.34. The molecule has 1 spiro atoms. The number of hydrogen-bond acceptors (Lipinski definition) is 4. The van der Waals surface area contributed by atoms with Gasteiger partial charge in [0.05, 0.1) is 24.6 Å². The molecule has 1 aromatic carbocycles. The molecule has 104 valence electrons. The van der Waals surface area contributed by atoms with Crippen LogP contribution in [0.3, 0.4) is 0 Å². The Morgan fingerprint density at radius 2 is 1.74 bits per heavy atom. The molecule has 0 aliphatic carbocycles. The molecule has 0 aromatic heterocycles. The average molecular weight is 270 g/mol. The maximum atomic E-state index is 13.4. The number of piperidine rings is 1. The van der Waals surface area contributed by atoms with E-state index in [4.69, 9.17) is 15.2 Å². The van der Waals surface area contributed by atoms with Crippen molar-refractivity contribution in [3.05, 3.63) is 23.8 Å². The standard InChI is InChI=1S/C13H16F2N2O2/c14-9-7-10(15)12(16)11(8-9)17-3-1-13(2-4-17)18-5-6-19-13/h7-8H,1-6,16H2. The monoisotopic (exact) mass is 270 g/mol. The Bertz CT molecular complexity index is 480. The summed E-state index contributed by atoms with van der Waals surface area (Å²) < 4.78 is 38.0. The molecule has 0 amide bonds. The molecule has 0 radical (unpaired) electrons. The number of nitrogen functional groups attached to an aromatic ring is 1. The molecule has 0 bridgehead atoms. The maximum Gasteiger partial charge on any atom is 0.171 e. The summed E-state index contributed by atoms with van der Waals surface area (Å²) >= 11 is 0. The first-order chi connectivity index (χ1) is 9.10. The van der Waals surface area contributed by atoms with Gasteiger partial charge in [-0.15, -0.1) is 0 Å². The van der Waals surface area contributed by atoms with Crippen LogP contribution in [0, 0.1) is 11.6 Å². The molecule has 1 aromatic rings. The van der Waals surface area contributed by atoms with Crippen molar-refractivity contribution < 1.29 is 18.3 Å². The van der Waals surface area contributed by atoms with Gasteiger partial charge in [-0.2, -0.15) is 0 Å². The molecule has 2 aliphatic rings. The van der Waals surface area contributed by atoms with E-state index < -0.39 is 17.4 Å². The first-order valence-electron chi connectivity index (χ1n) is 6.37. The summed E-state index contributed by atoms with van der Waals surface area (Å²) in [4.78, 5) is 1.87. The van der Waals surface area contributed by atoms with Crippen molar-refractivity contribution in [2.45, 2.75) is 18.6 Å². The smallest absolute Gasteiger partial charge is 0.171 e. The van der Waals surface area contributed by atoms with Crippen LogP contribution in [0.2, 0.25) is 0 Å². The Labute approximate surface area is 110 Å². The van der Waals surface area contributed by atoms with Crippen molar-refractivity contribution >= 4 is 11.4 Å². The predicted octanol–water partition coefficient (Wildman–Crippen LogP) is 1.89. The van der Waals surface area contributed by atoms with Crippen LogP contribution in [0.15, 0.2) is 12.1 Å². The van der Waals surface area contributed by atoms with Gasteiger partial charge in [-0.05, 0) is 6.07 Å². The minimum Gasteiger partial charge on any atom is -0.395 e. The Morgan fingerprint density at radius 1 is 1.11 bits per heavy atom. The molecule has 2 N–H and O–H groups in total. The van der Waals surface area contributed by atoms with Gasteiger partial charge in [0.1, 0.15) is 5.82 Å². The summed E-state index contributed by atoms with van der Waals surface area (Å²) in [5.74, 6) is -1.84. The SMILES string of the molecule is Nc1c(F)cc(F)cc1N1CCC2(CC1)OCCO2. The minimum atomic E-state index is -0.719. The molecular formula is C13H16F2N2O2. The first-order valence-corrected chi connectivity index (χ1v) is 6.37. The number of halogens is 2. The van der Waals surface area contributed by atoms with Gasteiger partial charge in [-0.25, -0.2) is 8.78 Å². The topological polar surface area (TPSA) is 47.7 Å². The highest BCUT2D eigenvalue weighted by atomic mass is 19.1. The average Bonchev–Trinajstić information content (AvgIpc) is 2.83. The molecule has 2 heterocycles. The first kappa shape index (κ1) is 12.6. The van der Waals surface area contributed by atoms with E-state index in [0.29, 0.717) is 44.8 Å². The van der Waals surface area contributed by atoms with Crippen LogP contribution in [0.25, 0.3) is 0 Å². The fourth-order valence-electron chi connectivity index (χ4n) is 2.71. The predicted molar refractivity (Wildman–Crippen MR) is 66.9 cm³/mol. The largest absolute Gasteiger partial charge is 0.395 e. The van der Waals surface area contributed by atoms with E-state index in [0.717, 1.165) is 6.07 Å². The normalized spacial score (nSPS) is 22.1. The molecule has 6 heteroatoms. The highest BCUT2D eigenvalue weighted by Gasteiger charge is 2.40. The summed E-state index contributed by atoms with van der Waals surface area (Å²) in [6, 6.07) is 2.07. The van der Waals surface area contributed by atoms with Crippen molar-refractivity contribution in [1.82, 2.24) is 0 Å². The number of anilines is 2. The third-order valence-electron chi connectivity index (χ3n) is 3.75. The third kappa shape index (κ3) is 2.26. The lowest BCUT2D eigenvalue weighted by atomic mass is 10.0. The highest BCUT2D eigenvalue weighted by molar-refractivity contribution is 5.68. The molecule has 2 saturated heterocycles. The van der Waals surface area contributed by atoms with Gasteiger partial charge in [0, 0.05) is 32.0 Å². The Kier molecular flexibility index (Phi) is 3.06. The van der Waals surface area contributed by atoms with Crippen molar-refractivity contribution in [2.24, 2.45) is 0 Å². The number of nitrogens with two attached hydrogens (primary N) is 1. The summed E-state index contributed by atoms with van der Waals surface area (Å²) in [5, 5.41) is 0. The highest BCUT2D eigenvalue weighted by Crippen LogP contribution is 2.35. The zero-order valence-electron chi connectivity index (χ0n) is 10.5. The Morgan fingerprint density at radius 3 is 2.37 bits per heavy atom. The number of ether oxygens (including phenoxy) is 2. The van der Waals surface area contributed by atoms with Crippen LogP contribution in [0.1, 0.15) is 12.8 Å². The summed E-state index contributed by atoms with van der Waals surface area (Å²) in [6.45, 7) is 2.42. The molecule has 2 fully saturated rings. The molecule has 3 rings (SSSR count). The second-order valence-electron chi connectivity index (χ2n) is 4.92. The molecule has 0 atom stereocenters. The van der Waals surface area contributed by atoms with E-state index in [2.05, 4.69) is 0 Å². The molecule has 19 heavy (non-hydrogen) atoms.